The van der Waals surface area contributed by atoms with Gasteiger partial charge in [0.1, 0.15) is 5.82 Å². The zero-order chi connectivity index (χ0) is 13.9. The van der Waals surface area contributed by atoms with Gasteiger partial charge in [0, 0.05) is 6.42 Å². The Morgan fingerprint density at radius 1 is 1.42 bits per heavy atom. The number of hydrogen-bond acceptors (Lipinski definition) is 1. The SMILES string of the molecule is CC(C)CC1CCCC(O)(Cc2cccc(F)c2)C1. The van der Waals surface area contributed by atoms with Crippen LogP contribution in [0.2, 0.25) is 0 Å². The van der Waals surface area contributed by atoms with E-state index >= 15 is 0 Å². The molecular weight excluding hydrogens is 239 g/mol. The summed E-state index contributed by atoms with van der Waals surface area (Å²) in [6, 6.07) is 6.63. The molecule has 0 saturated heterocycles. The van der Waals surface area contributed by atoms with E-state index in [0.29, 0.717) is 18.3 Å². The van der Waals surface area contributed by atoms with Crippen LogP contribution in [0.15, 0.2) is 24.3 Å². The van der Waals surface area contributed by atoms with E-state index in [4.69, 9.17) is 0 Å². The molecule has 106 valence electrons. The molecule has 1 aromatic rings. The fourth-order valence-corrected chi connectivity index (χ4v) is 3.52. The van der Waals surface area contributed by atoms with Crippen molar-refractivity contribution in [2.24, 2.45) is 11.8 Å². The van der Waals surface area contributed by atoms with Gasteiger partial charge >= 0.3 is 0 Å². The summed E-state index contributed by atoms with van der Waals surface area (Å²) in [5.74, 6) is 1.09. The van der Waals surface area contributed by atoms with E-state index in [1.165, 1.54) is 18.9 Å². The maximum Gasteiger partial charge on any atom is 0.123 e. The molecule has 19 heavy (non-hydrogen) atoms. The molecule has 0 heterocycles. The van der Waals surface area contributed by atoms with Crippen LogP contribution in [0.25, 0.3) is 0 Å². The Hall–Kier alpha value is -0.890. The average Bonchev–Trinajstić information content (AvgIpc) is 2.27. The maximum atomic E-state index is 13.2. The molecular formula is C17H25FO. The summed E-state index contributed by atoms with van der Waals surface area (Å²) >= 11 is 0. The number of halogens is 1. The molecule has 1 nitrogen and oxygen atoms in total. The quantitative estimate of drug-likeness (QED) is 0.858. The summed E-state index contributed by atoms with van der Waals surface area (Å²) in [5, 5.41) is 10.8. The van der Waals surface area contributed by atoms with Crippen molar-refractivity contribution in [2.75, 3.05) is 0 Å². The van der Waals surface area contributed by atoms with Crippen molar-refractivity contribution in [1.29, 1.82) is 0 Å². The molecule has 0 bridgehead atoms. The van der Waals surface area contributed by atoms with Crippen molar-refractivity contribution < 1.29 is 9.50 Å². The Balaban J connectivity index is 2.01. The third-order valence-electron chi connectivity index (χ3n) is 4.15. The molecule has 2 rings (SSSR count). The Morgan fingerprint density at radius 2 is 2.21 bits per heavy atom. The molecule has 1 aliphatic rings. The molecule has 2 unspecified atom stereocenters. The summed E-state index contributed by atoms with van der Waals surface area (Å²) in [6.45, 7) is 4.47. The lowest BCUT2D eigenvalue weighted by Gasteiger charge is -2.37. The Morgan fingerprint density at radius 3 is 2.89 bits per heavy atom. The second kappa shape index (κ2) is 6.04. The summed E-state index contributed by atoms with van der Waals surface area (Å²) in [7, 11) is 0. The van der Waals surface area contributed by atoms with Crippen molar-refractivity contribution in [3.63, 3.8) is 0 Å². The number of rotatable bonds is 4. The van der Waals surface area contributed by atoms with Crippen LogP contribution in [0, 0.1) is 17.7 Å². The standard InChI is InChI=1S/C17H25FO/c1-13(2)9-14-6-4-8-17(19,11-14)12-15-5-3-7-16(18)10-15/h3,5,7,10,13-14,19H,4,6,8-9,11-12H2,1-2H3. The average molecular weight is 264 g/mol. The van der Waals surface area contributed by atoms with Crippen molar-refractivity contribution in [3.05, 3.63) is 35.6 Å². The van der Waals surface area contributed by atoms with Crippen LogP contribution >= 0.6 is 0 Å². The van der Waals surface area contributed by atoms with Gasteiger partial charge in [0.05, 0.1) is 5.60 Å². The number of benzene rings is 1. The minimum Gasteiger partial charge on any atom is -0.390 e. The molecule has 2 heteroatoms. The van der Waals surface area contributed by atoms with E-state index in [2.05, 4.69) is 13.8 Å². The van der Waals surface area contributed by atoms with E-state index in [-0.39, 0.29) is 5.82 Å². The van der Waals surface area contributed by atoms with Crippen LogP contribution in [-0.2, 0) is 6.42 Å². The smallest absolute Gasteiger partial charge is 0.123 e. The van der Waals surface area contributed by atoms with E-state index in [9.17, 15) is 9.50 Å². The molecule has 0 amide bonds. The Labute approximate surface area is 115 Å². The topological polar surface area (TPSA) is 20.2 Å². The fraction of sp³-hybridized carbons (Fsp3) is 0.647. The van der Waals surface area contributed by atoms with E-state index in [1.807, 2.05) is 6.07 Å². The molecule has 1 N–H and O–H groups in total. The van der Waals surface area contributed by atoms with Gasteiger partial charge < -0.3 is 5.11 Å². The van der Waals surface area contributed by atoms with Crippen LogP contribution in [-0.4, -0.2) is 10.7 Å². The van der Waals surface area contributed by atoms with Crippen LogP contribution in [0.5, 0.6) is 0 Å². The lowest BCUT2D eigenvalue weighted by molar-refractivity contribution is -0.0189. The molecule has 0 aromatic heterocycles. The van der Waals surface area contributed by atoms with Gasteiger partial charge in [-0.15, -0.1) is 0 Å². The summed E-state index contributed by atoms with van der Waals surface area (Å²) in [5.41, 5.74) is 0.277. The number of hydrogen-bond donors (Lipinski definition) is 1. The van der Waals surface area contributed by atoms with E-state index in [1.54, 1.807) is 12.1 Å². The highest BCUT2D eigenvalue weighted by molar-refractivity contribution is 5.18. The summed E-state index contributed by atoms with van der Waals surface area (Å²) in [4.78, 5) is 0. The normalized spacial score (nSPS) is 27.7. The van der Waals surface area contributed by atoms with Crippen molar-refractivity contribution >= 4 is 0 Å². The molecule has 1 fully saturated rings. The minimum atomic E-state index is -0.633. The van der Waals surface area contributed by atoms with Gasteiger partial charge in [-0.05, 0) is 48.8 Å². The predicted molar refractivity (Wildman–Crippen MR) is 76.5 cm³/mol. The van der Waals surface area contributed by atoms with Gasteiger partial charge in [0.15, 0.2) is 0 Å². The molecule has 0 aliphatic heterocycles. The van der Waals surface area contributed by atoms with E-state index < -0.39 is 5.60 Å². The van der Waals surface area contributed by atoms with Gasteiger partial charge in [-0.3, -0.25) is 0 Å². The highest BCUT2D eigenvalue weighted by Gasteiger charge is 2.34. The van der Waals surface area contributed by atoms with Crippen LogP contribution in [0.1, 0.15) is 51.5 Å². The second-order valence-corrected chi connectivity index (χ2v) is 6.62. The summed E-state index contributed by atoms with van der Waals surface area (Å²) in [6.07, 6.45) is 5.79. The molecule has 1 aliphatic carbocycles. The largest absolute Gasteiger partial charge is 0.390 e. The lowest BCUT2D eigenvalue weighted by atomic mass is 9.73. The fourth-order valence-electron chi connectivity index (χ4n) is 3.52. The first-order valence-corrected chi connectivity index (χ1v) is 7.44. The first-order chi connectivity index (χ1) is 8.97. The lowest BCUT2D eigenvalue weighted by Crippen LogP contribution is -2.37. The zero-order valence-corrected chi connectivity index (χ0v) is 12.0. The van der Waals surface area contributed by atoms with Gasteiger partial charge in [-0.25, -0.2) is 4.39 Å². The van der Waals surface area contributed by atoms with E-state index in [0.717, 1.165) is 24.8 Å². The summed E-state index contributed by atoms with van der Waals surface area (Å²) < 4.78 is 13.2. The zero-order valence-electron chi connectivity index (χ0n) is 12.0. The first-order valence-electron chi connectivity index (χ1n) is 7.44. The Kier molecular flexibility index (Phi) is 4.62. The first kappa shape index (κ1) is 14.5. The van der Waals surface area contributed by atoms with Crippen molar-refractivity contribution in [1.82, 2.24) is 0 Å². The van der Waals surface area contributed by atoms with Crippen LogP contribution < -0.4 is 0 Å². The number of aliphatic hydroxyl groups is 1. The van der Waals surface area contributed by atoms with Crippen LogP contribution in [0.4, 0.5) is 4.39 Å². The highest BCUT2D eigenvalue weighted by atomic mass is 19.1. The second-order valence-electron chi connectivity index (χ2n) is 6.62. The molecule has 0 spiro atoms. The third-order valence-corrected chi connectivity index (χ3v) is 4.15. The van der Waals surface area contributed by atoms with Gasteiger partial charge in [-0.2, -0.15) is 0 Å². The highest BCUT2D eigenvalue weighted by Crippen LogP contribution is 2.37. The monoisotopic (exact) mass is 264 g/mol. The van der Waals surface area contributed by atoms with Gasteiger partial charge in [-0.1, -0.05) is 38.8 Å². The predicted octanol–water partition coefficient (Wildman–Crippen LogP) is 4.34. The maximum absolute atomic E-state index is 13.2. The third kappa shape index (κ3) is 4.31. The van der Waals surface area contributed by atoms with Gasteiger partial charge in [0.25, 0.3) is 0 Å². The molecule has 1 saturated carbocycles. The van der Waals surface area contributed by atoms with Crippen molar-refractivity contribution in [2.45, 2.75) is 58.0 Å². The van der Waals surface area contributed by atoms with Crippen molar-refractivity contribution in [3.8, 4) is 0 Å². The van der Waals surface area contributed by atoms with Gasteiger partial charge in [0.2, 0.25) is 0 Å². The molecule has 2 atom stereocenters. The minimum absolute atomic E-state index is 0.212. The molecule has 0 radical (unpaired) electrons. The van der Waals surface area contributed by atoms with Crippen LogP contribution in [0.3, 0.4) is 0 Å². The Bertz CT molecular complexity index is 415. The molecule has 1 aromatic carbocycles.